The molecule has 1 unspecified atom stereocenters. The number of rotatable bonds is 9. The lowest BCUT2D eigenvalue weighted by Gasteiger charge is -2.20. The third-order valence-corrected chi connectivity index (χ3v) is 3.65. The Bertz CT molecular complexity index is 642. The van der Waals surface area contributed by atoms with E-state index in [0.29, 0.717) is 31.7 Å². The average Bonchev–Trinajstić information content (AvgIpc) is 2.61. The Morgan fingerprint density at radius 3 is 2.28 bits per heavy atom. The molecule has 1 atom stereocenters. The van der Waals surface area contributed by atoms with E-state index >= 15 is 0 Å². The van der Waals surface area contributed by atoms with Crippen molar-refractivity contribution in [2.75, 3.05) is 13.1 Å². The molecule has 3 nitrogen and oxygen atoms in total. The molecule has 0 aromatic heterocycles. The lowest BCUT2D eigenvalue weighted by molar-refractivity contribution is -0.137. The van der Waals surface area contributed by atoms with Crippen molar-refractivity contribution >= 4 is 6.29 Å². The van der Waals surface area contributed by atoms with Crippen LogP contribution in [-0.4, -0.2) is 19.4 Å². The number of carbonyl (C=O) groups excluding carboxylic acids is 1. The molecule has 6 heteroatoms. The lowest BCUT2D eigenvalue weighted by Crippen LogP contribution is -2.21. The highest BCUT2D eigenvalue weighted by molar-refractivity contribution is 5.49. The average molecular weight is 351 g/mol. The van der Waals surface area contributed by atoms with Crippen molar-refractivity contribution in [2.24, 2.45) is 0 Å². The third kappa shape index (κ3) is 6.23. The summed E-state index contributed by atoms with van der Waals surface area (Å²) >= 11 is 0. The minimum atomic E-state index is -4.36. The zero-order valence-corrected chi connectivity index (χ0v) is 13.6. The normalized spacial score (nSPS) is 12.6. The Hall–Kier alpha value is -2.34. The Balaban J connectivity index is 2.03. The van der Waals surface area contributed by atoms with Crippen molar-refractivity contribution < 1.29 is 22.7 Å². The van der Waals surface area contributed by atoms with Gasteiger partial charge in [-0.05, 0) is 36.4 Å². The van der Waals surface area contributed by atoms with Gasteiger partial charge in [-0.3, -0.25) is 0 Å². The largest absolute Gasteiger partial charge is 0.486 e. The molecule has 0 fully saturated rings. The molecule has 0 spiro atoms. The van der Waals surface area contributed by atoms with Crippen molar-refractivity contribution in [3.8, 4) is 5.75 Å². The molecule has 2 rings (SSSR count). The summed E-state index contributed by atoms with van der Waals surface area (Å²) in [6.07, 6.45) is -2.73. The van der Waals surface area contributed by atoms with Crippen LogP contribution in [0.3, 0.4) is 0 Å². The fraction of sp³-hybridized carbons (Fsp3) is 0.316. The Morgan fingerprint density at radius 2 is 1.68 bits per heavy atom. The summed E-state index contributed by atoms with van der Waals surface area (Å²) in [4.78, 5) is 10.3. The first kappa shape index (κ1) is 19.0. The zero-order valence-electron chi connectivity index (χ0n) is 13.6. The van der Waals surface area contributed by atoms with Crippen molar-refractivity contribution in [3.05, 3.63) is 65.7 Å². The standard InChI is InChI=1S/C19H20F3NO2/c20-19(21,22)16-7-9-17(10-8-16)25-18(11-13-23-12-4-14-24)15-5-2-1-3-6-15/h1-3,5-10,14,18,23H,4,11-13H2. The van der Waals surface area contributed by atoms with Gasteiger partial charge in [-0.1, -0.05) is 30.3 Å². The van der Waals surface area contributed by atoms with Crippen LogP contribution in [-0.2, 0) is 11.0 Å². The second-order valence-corrected chi connectivity index (χ2v) is 5.53. The summed E-state index contributed by atoms with van der Waals surface area (Å²) < 4.78 is 43.8. The van der Waals surface area contributed by atoms with Crippen LogP contribution in [0.4, 0.5) is 13.2 Å². The van der Waals surface area contributed by atoms with Gasteiger partial charge >= 0.3 is 6.18 Å². The van der Waals surface area contributed by atoms with Crippen LogP contribution in [0.25, 0.3) is 0 Å². The van der Waals surface area contributed by atoms with Crippen LogP contribution < -0.4 is 10.1 Å². The molecule has 0 saturated heterocycles. The number of ether oxygens (including phenoxy) is 1. The van der Waals surface area contributed by atoms with E-state index < -0.39 is 11.7 Å². The number of alkyl halides is 3. The number of benzene rings is 2. The molecule has 2 aromatic carbocycles. The summed E-state index contributed by atoms with van der Waals surface area (Å²) in [7, 11) is 0. The summed E-state index contributed by atoms with van der Waals surface area (Å²) in [6, 6.07) is 14.2. The topological polar surface area (TPSA) is 38.3 Å². The second-order valence-electron chi connectivity index (χ2n) is 5.53. The highest BCUT2D eigenvalue weighted by Crippen LogP contribution is 2.31. The van der Waals surface area contributed by atoms with E-state index in [-0.39, 0.29) is 6.10 Å². The minimum absolute atomic E-state index is 0.290. The van der Waals surface area contributed by atoms with Crippen LogP contribution in [0.5, 0.6) is 5.75 Å². The summed E-state index contributed by atoms with van der Waals surface area (Å²) in [5.41, 5.74) is 0.242. The molecule has 2 aromatic rings. The Labute approximate surface area is 144 Å². The minimum Gasteiger partial charge on any atom is -0.486 e. The van der Waals surface area contributed by atoms with Gasteiger partial charge in [0, 0.05) is 19.4 Å². The van der Waals surface area contributed by atoms with Crippen LogP contribution in [0.15, 0.2) is 54.6 Å². The molecule has 0 heterocycles. The van der Waals surface area contributed by atoms with Crippen LogP contribution in [0.2, 0.25) is 0 Å². The smallest absolute Gasteiger partial charge is 0.416 e. The molecule has 0 amide bonds. The summed E-state index contributed by atoms with van der Waals surface area (Å²) in [6.45, 7) is 1.22. The van der Waals surface area contributed by atoms with Crippen LogP contribution >= 0.6 is 0 Å². The molecule has 0 aliphatic carbocycles. The van der Waals surface area contributed by atoms with E-state index in [1.165, 1.54) is 12.1 Å². The quantitative estimate of drug-likeness (QED) is 0.538. The maximum absolute atomic E-state index is 12.6. The fourth-order valence-corrected chi connectivity index (χ4v) is 2.37. The number of halogens is 3. The number of carbonyl (C=O) groups is 1. The van der Waals surface area contributed by atoms with Crippen molar-refractivity contribution in [1.82, 2.24) is 5.32 Å². The SMILES string of the molecule is O=CCCNCCC(Oc1ccc(C(F)(F)F)cc1)c1ccccc1. The molecule has 0 radical (unpaired) electrons. The first-order chi connectivity index (χ1) is 12.0. The van der Waals surface area contributed by atoms with Gasteiger partial charge in [-0.15, -0.1) is 0 Å². The van der Waals surface area contributed by atoms with Gasteiger partial charge in [0.25, 0.3) is 0 Å². The second kappa shape index (κ2) is 9.22. The molecule has 0 aliphatic rings. The Morgan fingerprint density at radius 1 is 1.00 bits per heavy atom. The predicted molar refractivity (Wildman–Crippen MR) is 89.4 cm³/mol. The zero-order chi connectivity index (χ0) is 18.1. The number of aldehydes is 1. The molecule has 0 saturated carbocycles. The van der Waals surface area contributed by atoms with E-state index in [4.69, 9.17) is 4.74 Å². The van der Waals surface area contributed by atoms with E-state index in [1.807, 2.05) is 30.3 Å². The maximum Gasteiger partial charge on any atom is 0.416 e. The van der Waals surface area contributed by atoms with Crippen LogP contribution in [0, 0.1) is 0 Å². The van der Waals surface area contributed by atoms with E-state index in [0.717, 1.165) is 24.0 Å². The molecular weight excluding hydrogens is 331 g/mol. The number of hydrogen-bond acceptors (Lipinski definition) is 3. The summed E-state index contributed by atoms with van der Waals surface area (Å²) in [5, 5.41) is 3.14. The predicted octanol–water partition coefficient (Wildman–Crippen LogP) is 4.39. The van der Waals surface area contributed by atoms with Gasteiger partial charge < -0.3 is 14.8 Å². The lowest BCUT2D eigenvalue weighted by atomic mass is 10.1. The van der Waals surface area contributed by atoms with Crippen LogP contribution in [0.1, 0.15) is 30.1 Å². The van der Waals surface area contributed by atoms with E-state index in [2.05, 4.69) is 5.32 Å². The molecule has 25 heavy (non-hydrogen) atoms. The molecule has 0 aliphatic heterocycles. The van der Waals surface area contributed by atoms with Gasteiger partial charge in [0.1, 0.15) is 18.1 Å². The monoisotopic (exact) mass is 351 g/mol. The molecule has 1 N–H and O–H groups in total. The maximum atomic E-state index is 12.6. The first-order valence-electron chi connectivity index (χ1n) is 8.04. The van der Waals surface area contributed by atoms with Crippen molar-refractivity contribution in [1.29, 1.82) is 0 Å². The van der Waals surface area contributed by atoms with Gasteiger partial charge in [0.05, 0.1) is 5.56 Å². The molecule has 0 bridgehead atoms. The van der Waals surface area contributed by atoms with Gasteiger partial charge in [0.15, 0.2) is 0 Å². The third-order valence-electron chi connectivity index (χ3n) is 3.65. The van der Waals surface area contributed by atoms with Gasteiger partial charge in [-0.2, -0.15) is 13.2 Å². The van der Waals surface area contributed by atoms with Gasteiger partial charge in [-0.25, -0.2) is 0 Å². The number of nitrogens with one attached hydrogen (secondary N) is 1. The van der Waals surface area contributed by atoms with E-state index in [1.54, 1.807) is 0 Å². The molecule has 134 valence electrons. The van der Waals surface area contributed by atoms with Gasteiger partial charge in [0.2, 0.25) is 0 Å². The highest BCUT2D eigenvalue weighted by Gasteiger charge is 2.30. The summed E-state index contributed by atoms with van der Waals surface area (Å²) in [5.74, 6) is 0.384. The molecular formula is C19H20F3NO2. The van der Waals surface area contributed by atoms with E-state index in [9.17, 15) is 18.0 Å². The van der Waals surface area contributed by atoms with Crippen molar-refractivity contribution in [3.63, 3.8) is 0 Å². The highest BCUT2D eigenvalue weighted by atomic mass is 19.4. The first-order valence-corrected chi connectivity index (χ1v) is 8.04. The Kier molecular flexibility index (Phi) is 7.01. The fourth-order valence-electron chi connectivity index (χ4n) is 2.37. The number of hydrogen-bond donors (Lipinski definition) is 1. The van der Waals surface area contributed by atoms with Crippen molar-refractivity contribution in [2.45, 2.75) is 25.1 Å².